The van der Waals surface area contributed by atoms with E-state index >= 15 is 0 Å². The summed E-state index contributed by atoms with van der Waals surface area (Å²) >= 11 is 1.26. The van der Waals surface area contributed by atoms with Crippen LogP contribution in [0.5, 0.6) is 0 Å². The summed E-state index contributed by atoms with van der Waals surface area (Å²) in [7, 11) is -2.54. The van der Waals surface area contributed by atoms with E-state index in [0.717, 1.165) is 11.6 Å². The Bertz CT molecular complexity index is 1430. The zero-order valence-corrected chi connectivity index (χ0v) is 18.0. The zero-order chi connectivity index (χ0) is 22.9. The minimum absolute atomic E-state index is 0.0460. The molecule has 14 heteroatoms. The largest absolute Gasteiger partial charge is 0.433 e. The molecule has 166 valence electrons. The summed E-state index contributed by atoms with van der Waals surface area (Å²) in [5.41, 5.74) is -2.07. The molecule has 4 aromatic rings. The van der Waals surface area contributed by atoms with E-state index in [1.165, 1.54) is 18.5 Å². The van der Waals surface area contributed by atoms with Gasteiger partial charge in [-0.25, -0.2) is 18.4 Å². The summed E-state index contributed by atoms with van der Waals surface area (Å²) in [5.74, 6) is -0.417. The van der Waals surface area contributed by atoms with Crippen molar-refractivity contribution in [3.05, 3.63) is 28.9 Å². The lowest BCUT2D eigenvalue weighted by molar-refractivity contribution is -0.141. The summed E-state index contributed by atoms with van der Waals surface area (Å²) in [6.45, 7) is 1.36. The van der Waals surface area contributed by atoms with Crippen LogP contribution in [0.1, 0.15) is 18.2 Å². The number of thiophene rings is 2. The molecular formula is C17H11F6N3O2S3. The third-order valence-corrected chi connectivity index (χ3v) is 9.01. The van der Waals surface area contributed by atoms with Gasteiger partial charge in [-0.05, 0) is 6.07 Å². The number of aryl methyl sites for hydroxylation is 1. The first kappa shape index (κ1) is 22.0. The van der Waals surface area contributed by atoms with Gasteiger partial charge in [0.1, 0.15) is 10.6 Å². The first-order chi connectivity index (χ1) is 14.3. The number of sulfone groups is 1. The lowest BCUT2D eigenvalue weighted by Crippen LogP contribution is -2.07. The maximum atomic E-state index is 13.4. The van der Waals surface area contributed by atoms with Crippen molar-refractivity contribution in [2.45, 2.75) is 24.2 Å². The Balaban J connectivity index is 2.06. The number of hydrogen-bond acceptors (Lipinski definition) is 6. The molecule has 0 aliphatic heterocycles. The minimum Gasteiger partial charge on any atom is -0.325 e. The Morgan fingerprint density at radius 3 is 2.35 bits per heavy atom. The third-order valence-electron chi connectivity index (χ3n) is 4.62. The van der Waals surface area contributed by atoms with E-state index < -0.39 is 33.4 Å². The van der Waals surface area contributed by atoms with Gasteiger partial charge >= 0.3 is 12.4 Å². The van der Waals surface area contributed by atoms with E-state index in [1.54, 1.807) is 0 Å². The highest BCUT2D eigenvalue weighted by Crippen LogP contribution is 2.49. The topological polar surface area (TPSA) is 64.8 Å². The maximum Gasteiger partial charge on any atom is 0.433 e. The lowest BCUT2D eigenvalue weighted by atomic mass is 10.3. The van der Waals surface area contributed by atoms with Crippen molar-refractivity contribution in [1.82, 2.24) is 14.5 Å². The van der Waals surface area contributed by atoms with Gasteiger partial charge in [0.25, 0.3) is 0 Å². The zero-order valence-electron chi connectivity index (χ0n) is 15.6. The van der Waals surface area contributed by atoms with Crippen molar-refractivity contribution in [3.63, 3.8) is 0 Å². The first-order valence-corrected chi connectivity index (χ1v) is 11.8. The van der Waals surface area contributed by atoms with Crippen molar-refractivity contribution in [1.29, 1.82) is 0 Å². The van der Waals surface area contributed by atoms with E-state index in [2.05, 4.69) is 9.97 Å². The molecule has 0 saturated carbocycles. The van der Waals surface area contributed by atoms with E-state index in [-0.39, 0.29) is 41.8 Å². The second kappa shape index (κ2) is 6.90. The average molecular weight is 499 g/mol. The second-order valence-corrected chi connectivity index (χ2v) is 10.6. The molecule has 31 heavy (non-hydrogen) atoms. The molecule has 0 bridgehead atoms. The number of imidazole rings is 1. The average Bonchev–Trinajstić information content (AvgIpc) is 3.31. The molecule has 0 N–H and O–H groups in total. The highest BCUT2D eigenvalue weighted by atomic mass is 32.2. The fraction of sp³-hybridized carbons (Fsp3) is 0.294. The number of halogens is 6. The molecule has 4 heterocycles. The van der Waals surface area contributed by atoms with Gasteiger partial charge in [0.2, 0.25) is 0 Å². The molecule has 0 aromatic carbocycles. The number of hydrogen-bond donors (Lipinski definition) is 0. The van der Waals surface area contributed by atoms with Crippen LogP contribution in [0.15, 0.2) is 22.5 Å². The van der Waals surface area contributed by atoms with E-state index in [9.17, 15) is 34.8 Å². The smallest absolute Gasteiger partial charge is 0.325 e. The number of rotatable bonds is 3. The fourth-order valence-electron chi connectivity index (χ4n) is 3.07. The summed E-state index contributed by atoms with van der Waals surface area (Å²) in [6, 6.07) is 0.712. The van der Waals surface area contributed by atoms with Crippen LogP contribution in [-0.2, 0) is 29.2 Å². The third kappa shape index (κ3) is 3.49. The van der Waals surface area contributed by atoms with E-state index in [0.29, 0.717) is 28.7 Å². The quantitative estimate of drug-likeness (QED) is 0.337. The number of nitrogens with zero attached hydrogens (tertiary/aromatic N) is 3. The Hall–Kier alpha value is -2.19. The van der Waals surface area contributed by atoms with Crippen LogP contribution in [0.25, 0.3) is 31.1 Å². The van der Waals surface area contributed by atoms with Crippen molar-refractivity contribution >= 4 is 52.9 Å². The van der Waals surface area contributed by atoms with Gasteiger partial charge in [0, 0.05) is 12.4 Å². The van der Waals surface area contributed by atoms with Crippen molar-refractivity contribution in [2.75, 3.05) is 5.75 Å². The molecule has 0 fully saturated rings. The van der Waals surface area contributed by atoms with Gasteiger partial charge in [-0.2, -0.15) is 26.3 Å². The van der Waals surface area contributed by atoms with E-state index in [4.69, 9.17) is 0 Å². The van der Waals surface area contributed by atoms with Crippen LogP contribution in [0.4, 0.5) is 26.3 Å². The Labute approximate surface area is 178 Å². The summed E-state index contributed by atoms with van der Waals surface area (Å²) in [5, 5.41) is 0.855. The Morgan fingerprint density at radius 1 is 1.10 bits per heavy atom. The lowest BCUT2D eigenvalue weighted by Gasteiger charge is -2.05. The molecule has 4 rings (SSSR count). The molecule has 5 nitrogen and oxygen atoms in total. The number of fused-ring (bicyclic) bond motifs is 2. The molecule has 0 amide bonds. The molecule has 0 aliphatic carbocycles. The number of alkyl halides is 6. The van der Waals surface area contributed by atoms with Crippen LogP contribution in [0.3, 0.4) is 0 Å². The summed E-state index contributed by atoms with van der Waals surface area (Å²) in [4.78, 5) is 7.14. The second-order valence-electron chi connectivity index (χ2n) is 6.52. The van der Waals surface area contributed by atoms with Gasteiger partial charge in [0.05, 0.1) is 42.8 Å². The van der Waals surface area contributed by atoms with Crippen LogP contribution in [-0.4, -0.2) is 28.7 Å². The maximum absolute atomic E-state index is 13.4. The fourth-order valence-corrected chi connectivity index (χ4v) is 7.69. The Kier molecular flexibility index (Phi) is 4.90. The molecule has 0 atom stereocenters. The van der Waals surface area contributed by atoms with Gasteiger partial charge in [-0.3, -0.25) is 0 Å². The van der Waals surface area contributed by atoms with Crippen molar-refractivity contribution in [2.24, 2.45) is 7.05 Å². The van der Waals surface area contributed by atoms with E-state index in [1.807, 2.05) is 0 Å². The number of pyridine rings is 1. The highest BCUT2D eigenvalue weighted by molar-refractivity contribution is 7.92. The van der Waals surface area contributed by atoms with Crippen LogP contribution in [0.2, 0.25) is 0 Å². The monoisotopic (exact) mass is 499 g/mol. The standard InChI is InChI=1S/C17H11F6N3O2S3/c1-3-31(27,28)14-12-11(7(6-29-12)16(18,19)20)30-13(14)15-25-8-4-10(17(21,22)23)24-5-9(8)26(15)2/h4-6H,3H2,1-2H3. The number of aromatic nitrogens is 3. The van der Waals surface area contributed by atoms with Gasteiger partial charge in [0.15, 0.2) is 15.7 Å². The molecule has 0 radical (unpaired) electrons. The van der Waals surface area contributed by atoms with Gasteiger partial charge in [-0.15, -0.1) is 22.7 Å². The molecule has 0 aliphatic rings. The predicted octanol–water partition coefficient (Wildman–Crippen LogP) is 5.74. The highest BCUT2D eigenvalue weighted by Gasteiger charge is 2.38. The van der Waals surface area contributed by atoms with Crippen LogP contribution in [0, 0.1) is 0 Å². The molecular weight excluding hydrogens is 488 g/mol. The summed E-state index contributed by atoms with van der Waals surface area (Å²) < 4.78 is 106. The summed E-state index contributed by atoms with van der Waals surface area (Å²) in [6.07, 6.45) is -8.46. The molecule has 0 unspecified atom stereocenters. The van der Waals surface area contributed by atoms with Crippen molar-refractivity contribution in [3.8, 4) is 10.7 Å². The minimum atomic E-state index is -4.71. The molecule has 0 saturated heterocycles. The molecule has 4 aromatic heterocycles. The first-order valence-electron chi connectivity index (χ1n) is 8.49. The van der Waals surface area contributed by atoms with Crippen LogP contribution < -0.4 is 0 Å². The van der Waals surface area contributed by atoms with Crippen molar-refractivity contribution < 1.29 is 34.8 Å². The normalized spacial score (nSPS) is 13.5. The van der Waals surface area contributed by atoms with Gasteiger partial charge in [-0.1, -0.05) is 6.92 Å². The molecule has 0 spiro atoms. The van der Waals surface area contributed by atoms with Crippen LogP contribution >= 0.6 is 22.7 Å². The van der Waals surface area contributed by atoms with Gasteiger partial charge < -0.3 is 4.57 Å². The SMILES string of the molecule is CCS(=O)(=O)c1c(-c2nc3cc(C(F)(F)F)ncc3n2C)sc2c(C(F)(F)F)csc12. The Morgan fingerprint density at radius 2 is 1.77 bits per heavy atom. The predicted molar refractivity (Wildman–Crippen MR) is 105 cm³/mol.